The summed E-state index contributed by atoms with van der Waals surface area (Å²) >= 11 is 0. The number of H-pyrrole nitrogens is 1. The van der Waals surface area contributed by atoms with Crippen LogP contribution >= 0.6 is 0 Å². The Bertz CT molecular complexity index is 2210. The number of sulfonamides is 1. The summed E-state index contributed by atoms with van der Waals surface area (Å²) in [6.45, 7) is 6.48. The first kappa shape index (κ1) is 46.4. The zero-order valence-corrected chi connectivity index (χ0v) is 32.6. The number of rotatable bonds is 18. The van der Waals surface area contributed by atoms with E-state index in [4.69, 9.17) is 35.3 Å². The number of carboxylic acids is 5. The lowest BCUT2D eigenvalue weighted by Gasteiger charge is -2.31. The number of aromatic nitrogens is 4. The van der Waals surface area contributed by atoms with Gasteiger partial charge >= 0.3 is 35.8 Å². The normalized spacial score (nSPS) is 14.8. The maximum atomic E-state index is 13.3. The number of aliphatic hydroxyl groups is 1. The highest BCUT2D eigenvalue weighted by molar-refractivity contribution is 7.89. The van der Waals surface area contributed by atoms with Crippen LogP contribution in [0.5, 0.6) is 5.75 Å². The van der Waals surface area contributed by atoms with Gasteiger partial charge in [0.1, 0.15) is 17.1 Å². The molecule has 24 heteroatoms. The average Bonchev–Trinajstić information content (AvgIpc) is 3.42. The minimum absolute atomic E-state index is 0.147. The largest absolute Gasteiger partial charge is 0.493 e. The Morgan fingerprint density at radius 1 is 0.862 bits per heavy atom. The fourth-order valence-electron chi connectivity index (χ4n) is 5.87. The number of likely N-dealkylation sites (N-methyl/N-ethyl adjacent to an activating group) is 1. The summed E-state index contributed by atoms with van der Waals surface area (Å²) in [5.74, 6) is -10.8. The quantitative estimate of drug-likeness (QED) is 0.0801. The molecule has 2 aromatic heterocycles. The van der Waals surface area contributed by atoms with Crippen LogP contribution in [-0.4, -0.2) is 155 Å². The van der Waals surface area contributed by atoms with Crippen LogP contribution in [0.2, 0.25) is 0 Å². The second-order valence-corrected chi connectivity index (χ2v) is 15.2. The number of carboxylic acid groups (broad SMARTS) is 5. The van der Waals surface area contributed by atoms with Gasteiger partial charge < -0.3 is 50.0 Å². The fraction of sp³-hybridized carbons (Fsp3) is 0.500. The number of aliphatic carboxylic acids is 5. The number of nitrogens with one attached hydrogen (secondary N) is 1. The number of hydrogen-bond donors (Lipinski definition) is 7. The molecule has 7 N–H and O–H groups in total. The van der Waals surface area contributed by atoms with Crippen LogP contribution in [0.1, 0.15) is 51.6 Å². The molecular weight excluding hydrogens is 796 g/mol. The average molecular weight is 841 g/mol. The van der Waals surface area contributed by atoms with Gasteiger partial charge in [-0.1, -0.05) is 13.3 Å². The van der Waals surface area contributed by atoms with E-state index >= 15 is 0 Å². The second-order valence-electron chi connectivity index (χ2n) is 13.2. The van der Waals surface area contributed by atoms with Crippen molar-refractivity contribution >= 4 is 56.9 Å². The molecule has 23 nitrogen and oxygen atoms in total. The van der Waals surface area contributed by atoms with Gasteiger partial charge in [0.15, 0.2) is 11.1 Å². The number of hydrogen-bond acceptors (Lipinski definition) is 15. The van der Waals surface area contributed by atoms with Gasteiger partial charge in [0.2, 0.25) is 15.6 Å². The van der Waals surface area contributed by atoms with Crippen molar-refractivity contribution in [3.05, 3.63) is 34.2 Å². The number of carbonyl (C=O) groups excluding carboxylic acids is 1. The molecule has 1 saturated heterocycles. The second kappa shape index (κ2) is 19.0. The van der Waals surface area contributed by atoms with Crippen LogP contribution in [-0.2, 0) is 57.0 Å². The molecular formula is C34H44N6O17S. The first-order chi connectivity index (χ1) is 27.0. The number of benzene rings is 1. The van der Waals surface area contributed by atoms with Crippen LogP contribution in [0.15, 0.2) is 27.9 Å². The molecule has 0 bridgehead atoms. The number of aromatic amines is 1. The van der Waals surface area contributed by atoms with Gasteiger partial charge in [0.25, 0.3) is 5.56 Å². The van der Waals surface area contributed by atoms with Gasteiger partial charge in [0.05, 0.1) is 48.4 Å². The van der Waals surface area contributed by atoms with E-state index in [1.54, 1.807) is 25.2 Å². The highest BCUT2D eigenvalue weighted by Crippen LogP contribution is 2.32. The summed E-state index contributed by atoms with van der Waals surface area (Å²) in [4.78, 5) is 88.6. The van der Waals surface area contributed by atoms with Gasteiger partial charge in [-0.05, 0) is 38.6 Å². The fourth-order valence-corrected chi connectivity index (χ4v) is 7.32. The molecule has 0 aliphatic carbocycles. The standard InChI is InChI=1S/C22H30N6O4S.C12H14O13/c1-5-7-17-19-20(27(4)25-17)22(29)24-21(23-19)16-14-15(8-9-18(16)32-6-2)33(30,31)28-12-10-26(3)11-13-28;13-5(14)1-11(24,9(20)21)4-8(19)25-12(10(22)23,2-6(15)16)3-7(17)18/h8-9,14H,5-7,10-13H2,1-4H3,(H,23,24,29);24H,1-4H2,(H,13,14)(H,15,16)(H,17,18)(H,20,21)(H,22,23). The van der Waals surface area contributed by atoms with Gasteiger partial charge in [-0.3, -0.25) is 28.7 Å². The van der Waals surface area contributed by atoms with Crippen molar-refractivity contribution in [3.8, 4) is 17.1 Å². The highest BCUT2D eigenvalue weighted by Gasteiger charge is 2.49. The van der Waals surface area contributed by atoms with Crippen LogP contribution in [0.3, 0.4) is 0 Å². The van der Waals surface area contributed by atoms with Crippen molar-refractivity contribution < 1.29 is 77.3 Å². The number of nitrogens with zero attached hydrogens (tertiary/aromatic N) is 5. The molecule has 3 heterocycles. The molecule has 1 fully saturated rings. The van der Waals surface area contributed by atoms with Crippen LogP contribution in [0.4, 0.5) is 0 Å². The molecule has 1 aromatic carbocycles. The van der Waals surface area contributed by atoms with Gasteiger partial charge in [-0.15, -0.1) is 0 Å². The molecule has 4 rings (SSSR count). The summed E-state index contributed by atoms with van der Waals surface area (Å²) in [6.07, 6.45) is -4.39. The van der Waals surface area contributed by atoms with E-state index < -0.39 is 82.7 Å². The van der Waals surface area contributed by atoms with E-state index in [9.17, 15) is 47.1 Å². The first-order valence-corrected chi connectivity index (χ1v) is 18.9. The van der Waals surface area contributed by atoms with E-state index in [1.807, 2.05) is 20.9 Å². The Labute approximate surface area is 329 Å². The molecule has 0 radical (unpaired) electrons. The third kappa shape index (κ3) is 11.1. The van der Waals surface area contributed by atoms with E-state index in [1.165, 1.54) is 8.99 Å². The molecule has 0 saturated carbocycles. The number of fused-ring (bicyclic) bond motifs is 1. The number of carbonyl (C=O) groups is 6. The number of ether oxygens (including phenoxy) is 2. The summed E-state index contributed by atoms with van der Waals surface area (Å²) in [5.41, 5.74) is -4.49. The number of aryl methyl sites for hydroxylation is 2. The van der Waals surface area contributed by atoms with Crippen molar-refractivity contribution in [1.29, 1.82) is 0 Å². The minimum atomic E-state index is -3.70. The maximum Gasteiger partial charge on any atom is 0.349 e. The smallest absolute Gasteiger partial charge is 0.349 e. The Kier molecular flexibility index (Phi) is 15.2. The summed E-state index contributed by atoms with van der Waals surface area (Å²) in [5, 5.41) is 57.9. The van der Waals surface area contributed by atoms with Crippen molar-refractivity contribution in [2.75, 3.05) is 39.8 Å². The monoisotopic (exact) mass is 840 g/mol. The molecule has 0 spiro atoms. The van der Waals surface area contributed by atoms with Crippen molar-refractivity contribution in [1.82, 2.24) is 29.0 Å². The summed E-state index contributed by atoms with van der Waals surface area (Å²) in [7, 11) is -0.00831. The maximum absolute atomic E-state index is 13.3. The summed E-state index contributed by atoms with van der Waals surface area (Å²) < 4.78 is 39.8. The SMILES string of the molecule is CCCc1nn(C)c2c(=O)[nH]c(-c3cc(S(=O)(=O)N4CCN(C)CC4)ccc3OCC)nc12.O=C(O)CC(O)(CC(=O)OC(CC(=O)O)(CC(=O)O)C(=O)O)C(=O)O. The van der Waals surface area contributed by atoms with Crippen molar-refractivity contribution in [3.63, 3.8) is 0 Å². The van der Waals surface area contributed by atoms with Crippen molar-refractivity contribution in [2.24, 2.45) is 7.05 Å². The lowest BCUT2D eigenvalue weighted by molar-refractivity contribution is -0.191. The van der Waals surface area contributed by atoms with Crippen LogP contribution in [0.25, 0.3) is 22.4 Å². The Morgan fingerprint density at radius 3 is 1.95 bits per heavy atom. The molecule has 3 aromatic rings. The van der Waals surface area contributed by atoms with E-state index in [0.29, 0.717) is 61.6 Å². The molecule has 1 aliphatic rings. The van der Waals surface area contributed by atoms with Gasteiger partial charge in [-0.25, -0.2) is 23.0 Å². The topological polar surface area (TPSA) is 346 Å². The Morgan fingerprint density at radius 2 is 1.45 bits per heavy atom. The van der Waals surface area contributed by atoms with Gasteiger partial charge in [-0.2, -0.15) is 9.40 Å². The predicted octanol–water partition coefficient (Wildman–Crippen LogP) is -0.406. The lowest BCUT2D eigenvalue weighted by atomic mass is 9.93. The van der Waals surface area contributed by atoms with Crippen LogP contribution < -0.4 is 10.3 Å². The molecule has 1 unspecified atom stereocenters. The number of piperazine rings is 1. The van der Waals surface area contributed by atoms with E-state index in [-0.39, 0.29) is 16.3 Å². The molecule has 1 aliphatic heterocycles. The van der Waals surface area contributed by atoms with Crippen LogP contribution in [0, 0.1) is 0 Å². The zero-order valence-electron chi connectivity index (χ0n) is 31.8. The molecule has 58 heavy (non-hydrogen) atoms. The third-order valence-electron chi connectivity index (χ3n) is 8.71. The lowest BCUT2D eigenvalue weighted by Crippen LogP contribution is -2.49. The summed E-state index contributed by atoms with van der Waals surface area (Å²) in [6, 6.07) is 4.71. The predicted molar refractivity (Wildman–Crippen MR) is 196 cm³/mol. The molecule has 0 amide bonds. The Hall–Kier alpha value is -5.98. The van der Waals surface area contributed by atoms with E-state index in [2.05, 4.69) is 19.7 Å². The molecule has 318 valence electrons. The highest BCUT2D eigenvalue weighted by atomic mass is 32.2. The Balaban J connectivity index is 0.000000325. The third-order valence-corrected chi connectivity index (χ3v) is 10.6. The minimum Gasteiger partial charge on any atom is -0.493 e. The zero-order chi connectivity index (χ0) is 43.7. The first-order valence-electron chi connectivity index (χ1n) is 17.5. The number of esters is 1. The van der Waals surface area contributed by atoms with E-state index in [0.717, 1.165) is 12.1 Å². The van der Waals surface area contributed by atoms with Gasteiger partial charge in [0, 0.05) is 33.2 Å². The van der Waals surface area contributed by atoms with Crippen molar-refractivity contribution in [2.45, 2.75) is 68.5 Å². The molecule has 1 atom stereocenters.